The SMILES string of the molecule is O=C(c1cc(Br)ccc1F)N1CCCN(S(=O)(=O)c2ccc(F)cc2)CC1. The Morgan fingerprint density at radius 3 is 2.37 bits per heavy atom. The Balaban J connectivity index is 1.76. The van der Waals surface area contributed by atoms with Gasteiger partial charge < -0.3 is 4.90 Å². The van der Waals surface area contributed by atoms with E-state index in [1.54, 1.807) is 0 Å². The topological polar surface area (TPSA) is 57.7 Å². The summed E-state index contributed by atoms with van der Waals surface area (Å²) in [5.41, 5.74) is -0.0563. The minimum atomic E-state index is -3.78. The average Bonchev–Trinajstić information content (AvgIpc) is 2.90. The van der Waals surface area contributed by atoms with Crippen molar-refractivity contribution < 1.29 is 22.0 Å². The molecule has 1 aliphatic heterocycles. The molecule has 0 spiro atoms. The summed E-state index contributed by atoms with van der Waals surface area (Å²) in [7, 11) is -3.78. The highest BCUT2D eigenvalue weighted by Crippen LogP contribution is 2.21. The van der Waals surface area contributed by atoms with Gasteiger partial charge in [-0.15, -0.1) is 0 Å². The Kier molecular flexibility index (Phi) is 5.92. The van der Waals surface area contributed by atoms with Gasteiger partial charge in [0.25, 0.3) is 5.91 Å². The van der Waals surface area contributed by atoms with Gasteiger partial charge in [0.2, 0.25) is 10.0 Å². The number of rotatable bonds is 3. The lowest BCUT2D eigenvalue weighted by atomic mass is 10.2. The first-order valence-corrected chi connectivity index (χ1v) is 10.5. The van der Waals surface area contributed by atoms with Crippen LogP contribution in [0.2, 0.25) is 0 Å². The van der Waals surface area contributed by atoms with Crippen LogP contribution in [0.3, 0.4) is 0 Å². The first-order valence-electron chi connectivity index (χ1n) is 8.29. The molecule has 0 radical (unpaired) electrons. The third kappa shape index (κ3) is 4.36. The van der Waals surface area contributed by atoms with Crippen molar-refractivity contribution in [2.45, 2.75) is 11.3 Å². The van der Waals surface area contributed by atoms with Gasteiger partial charge in [-0.1, -0.05) is 15.9 Å². The van der Waals surface area contributed by atoms with Crippen molar-refractivity contribution in [2.75, 3.05) is 26.2 Å². The van der Waals surface area contributed by atoms with Crippen LogP contribution >= 0.6 is 15.9 Å². The van der Waals surface area contributed by atoms with Crippen molar-refractivity contribution in [3.8, 4) is 0 Å². The van der Waals surface area contributed by atoms with E-state index >= 15 is 0 Å². The molecule has 1 aliphatic rings. The Labute approximate surface area is 164 Å². The van der Waals surface area contributed by atoms with E-state index in [0.29, 0.717) is 17.4 Å². The molecule has 27 heavy (non-hydrogen) atoms. The molecule has 0 atom stereocenters. The van der Waals surface area contributed by atoms with E-state index in [1.807, 2.05) is 0 Å². The minimum absolute atomic E-state index is 0.00158. The van der Waals surface area contributed by atoms with Gasteiger partial charge in [0, 0.05) is 30.7 Å². The summed E-state index contributed by atoms with van der Waals surface area (Å²) in [6.45, 7) is 0.775. The fourth-order valence-electron chi connectivity index (χ4n) is 2.92. The van der Waals surface area contributed by atoms with Gasteiger partial charge in [-0.25, -0.2) is 17.2 Å². The van der Waals surface area contributed by atoms with Gasteiger partial charge >= 0.3 is 0 Å². The lowest BCUT2D eigenvalue weighted by molar-refractivity contribution is 0.0759. The van der Waals surface area contributed by atoms with Crippen LogP contribution in [0.15, 0.2) is 51.8 Å². The Hall–Kier alpha value is -1.84. The highest BCUT2D eigenvalue weighted by molar-refractivity contribution is 9.10. The van der Waals surface area contributed by atoms with Crippen LogP contribution in [0.5, 0.6) is 0 Å². The number of halogens is 3. The zero-order valence-corrected chi connectivity index (χ0v) is 16.6. The number of sulfonamides is 1. The number of benzene rings is 2. The largest absolute Gasteiger partial charge is 0.337 e. The maximum atomic E-state index is 14.0. The predicted molar refractivity (Wildman–Crippen MR) is 99.8 cm³/mol. The standard InChI is InChI=1S/C18H17BrF2N2O3S/c19-13-2-7-17(21)16(12-13)18(24)22-8-1-9-23(11-10-22)27(25,26)15-5-3-14(20)4-6-15/h2-7,12H,1,8-11H2. The molecule has 1 heterocycles. The summed E-state index contributed by atoms with van der Waals surface area (Å²) >= 11 is 3.22. The summed E-state index contributed by atoms with van der Waals surface area (Å²) in [6, 6.07) is 8.75. The molecule has 0 bridgehead atoms. The van der Waals surface area contributed by atoms with Gasteiger partial charge in [-0.05, 0) is 48.9 Å². The molecule has 0 aromatic heterocycles. The van der Waals surface area contributed by atoms with Crippen LogP contribution in [-0.2, 0) is 10.0 Å². The van der Waals surface area contributed by atoms with Gasteiger partial charge in [0.1, 0.15) is 11.6 Å². The zero-order chi connectivity index (χ0) is 19.6. The van der Waals surface area contributed by atoms with Crippen molar-refractivity contribution >= 4 is 31.9 Å². The Morgan fingerprint density at radius 2 is 1.67 bits per heavy atom. The molecule has 9 heteroatoms. The van der Waals surface area contributed by atoms with Crippen molar-refractivity contribution in [3.63, 3.8) is 0 Å². The van der Waals surface area contributed by atoms with Gasteiger partial charge in [-0.3, -0.25) is 4.79 Å². The number of hydrogen-bond donors (Lipinski definition) is 0. The molecule has 0 saturated carbocycles. The molecule has 1 amide bonds. The highest BCUT2D eigenvalue weighted by atomic mass is 79.9. The molecular formula is C18H17BrF2N2O3S. The maximum absolute atomic E-state index is 14.0. The first kappa shape index (κ1) is 19.9. The predicted octanol–water partition coefficient (Wildman–Crippen LogP) is 3.26. The summed E-state index contributed by atoms with van der Waals surface area (Å²) in [4.78, 5) is 14.1. The Morgan fingerprint density at radius 1 is 0.963 bits per heavy atom. The lowest BCUT2D eigenvalue weighted by Crippen LogP contribution is -2.37. The van der Waals surface area contributed by atoms with E-state index in [4.69, 9.17) is 0 Å². The maximum Gasteiger partial charge on any atom is 0.256 e. The number of hydrogen-bond acceptors (Lipinski definition) is 3. The number of nitrogens with zero attached hydrogens (tertiary/aromatic N) is 2. The van der Waals surface area contributed by atoms with Crippen molar-refractivity contribution in [2.24, 2.45) is 0 Å². The third-order valence-electron chi connectivity index (χ3n) is 4.35. The molecule has 1 saturated heterocycles. The molecule has 0 unspecified atom stereocenters. The van der Waals surface area contributed by atoms with Crippen LogP contribution in [0, 0.1) is 11.6 Å². The molecule has 3 rings (SSSR count). The van der Waals surface area contributed by atoms with Crippen LogP contribution < -0.4 is 0 Å². The fraction of sp³-hybridized carbons (Fsp3) is 0.278. The third-order valence-corrected chi connectivity index (χ3v) is 6.76. The van der Waals surface area contributed by atoms with Crippen molar-refractivity contribution in [1.29, 1.82) is 0 Å². The molecular weight excluding hydrogens is 442 g/mol. The van der Waals surface area contributed by atoms with Gasteiger partial charge in [0.05, 0.1) is 10.5 Å². The van der Waals surface area contributed by atoms with E-state index in [9.17, 15) is 22.0 Å². The summed E-state index contributed by atoms with van der Waals surface area (Å²) in [5, 5.41) is 0. The van der Waals surface area contributed by atoms with E-state index < -0.39 is 27.6 Å². The van der Waals surface area contributed by atoms with Crippen molar-refractivity contribution in [1.82, 2.24) is 9.21 Å². The Bertz CT molecular complexity index is 952. The fourth-order valence-corrected chi connectivity index (χ4v) is 4.76. The minimum Gasteiger partial charge on any atom is -0.337 e. The molecule has 5 nitrogen and oxygen atoms in total. The summed E-state index contributed by atoms with van der Waals surface area (Å²) in [6.07, 6.45) is 0.418. The first-order chi connectivity index (χ1) is 12.8. The number of carbonyl (C=O) groups excluding carboxylic acids is 1. The molecule has 1 fully saturated rings. The van der Waals surface area contributed by atoms with Crippen LogP contribution in [-0.4, -0.2) is 49.7 Å². The molecule has 0 N–H and O–H groups in total. The zero-order valence-electron chi connectivity index (χ0n) is 14.2. The number of amides is 1. The molecule has 2 aromatic carbocycles. The van der Waals surface area contributed by atoms with Crippen LogP contribution in [0.1, 0.15) is 16.8 Å². The second-order valence-electron chi connectivity index (χ2n) is 6.13. The van der Waals surface area contributed by atoms with E-state index in [2.05, 4.69) is 15.9 Å². The average molecular weight is 459 g/mol. The molecule has 0 aliphatic carbocycles. The highest BCUT2D eigenvalue weighted by Gasteiger charge is 2.29. The van der Waals surface area contributed by atoms with Crippen LogP contribution in [0.4, 0.5) is 8.78 Å². The summed E-state index contributed by atoms with van der Waals surface area (Å²) in [5.74, 6) is -1.62. The van der Waals surface area contributed by atoms with Gasteiger partial charge in [0.15, 0.2) is 0 Å². The lowest BCUT2D eigenvalue weighted by Gasteiger charge is -2.22. The molecule has 144 valence electrons. The second-order valence-corrected chi connectivity index (χ2v) is 8.98. The van der Waals surface area contributed by atoms with E-state index in [1.165, 1.54) is 39.5 Å². The van der Waals surface area contributed by atoms with E-state index in [0.717, 1.165) is 12.1 Å². The van der Waals surface area contributed by atoms with Crippen molar-refractivity contribution in [3.05, 3.63) is 64.1 Å². The summed E-state index contributed by atoms with van der Waals surface area (Å²) < 4.78 is 54.4. The van der Waals surface area contributed by atoms with E-state index in [-0.39, 0.29) is 30.1 Å². The van der Waals surface area contributed by atoms with Gasteiger partial charge in [-0.2, -0.15) is 4.31 Å². The quantitative estimate of drug-likeness (QED) is 0.708. The monoisotopic (exact) mass is 458 g/mol. The normalized spacial score (nSPS) is 16.2. The second kappa shape index (κ2) is 8.04. The number of carbonyl (C=O) groups is 1. The smallest absolute Gasteiger partial charge is 0.256 e. The molecule has 2 aromatic rings. The van der Waals surface area contributed by atoms with Crippen LogP contribution in [0.25, 0.3) is 0 Å².